The summed E-state index contributed by atoms with van der Waals surface area (Å²) in [6.45, 7) is 1.99. The summed E-state index contributed by atoms with van der Waals surface area (Å²) in [4.78, 5) is 26.1. The number of ketones is 1. The van der Waals surface area contributed by atoms with Gasteiger partial charge in [0, 0.05) is 18.5 Å². The number of hydrogen-bond donors (Lipinski definition) is 0. The van der Waals surface area contributed by atoms with Crippen LogP contribution in [-0.2, 0) is 20.7 Å². The largest absolute Gasteiger partial charge is 0.493 e. The molecule has 0 radical (unpaired) electrons. The van der Waals surface area contributed by atoms with Crippen molar-refractivity contribution in [3.8, 4) is 0 Å². The molecule has 2 aliphatic heterocycles. The summed E-state index contributed by atoms with van der Waals surface area (Å²) in [6.07, 6.45) is 2.36. The zero-order valence-corrected chi connectivity index (χ0v) is 11.0. The highest BCUT2D eigenvalue weighted by Crippen LogP contribution is 2.38. The maximum Gasteiger partial charge on any atom is 0.255 e. The summed E-state index contributed by atoms with van der Waals surface area (Å²) >= 11 is 0. The van der Waals surface area contributed by atoms with Gasteiger partial charge in [0.1, 0.15) is 0 Å². The second-order valence-electron chi connectivity index (χ2n) is 4.99. The Bertz CT molecular complexity index is 603. The van der Waals surface area contributed by atoms with E-state index in [1.807, 2.05) is 25.1 Å². The number of carbonyl (C=O) groups excluding carboxylic acids is 2. The van der Waals surface area contributed by atoms with Crippen LogP contribution in [0.3, 0.4) is 0 Å². The Hall–Kier alpha value is -2.10. The Kier molecular flexibility index (Phi) is 2.66. The smallest absolute Gasteiger partial charge is 0.255 e. The number of methoxy groups -OCH3 is 1. The first-order valence-corrected chi connectivity index (χ1v) is 6.32. The van der Waals surface area contributed by atoms with Gasteiger partial charge in [-0.1, -0.05) is 18.2 Å². The third kappa shape index (κ3) is 1.75. The molecule has 1 atom stereocenters. The molecule has 2 aliphatic rings. The van der Waals surface area contributed by atoms with E-state index in [2.05, 4.69) is 0 Å². The van der Waals surface area contributed by atoms with Crippen LogP contribution in [0, 0.1) is 6.92 Å². The average Bonchev–Trinajstić information content (AvgIpc) is 2.69. The molecule has 0 bridgehead atoms. The van der Waals surface area contributed by atoms with Crippen molar-refractivity contribution in [1.29, 1.82) is 0 Å². The van der Waals surface area contributed by atoms with Gasteiger partial charge in [0.15, 0.2) is 11.5 Å². The van der Waals surface area contributed by atoms with Crippen LogP contribution in [0.5, 0.6) is 0 Å². The molecule has 4 heteroatoms. The third-order valence-electron chi connectivity index (χ3n) is 3.79. The van der Waals surface area contributed by atoms with Crippen LogP contribution in [0.15, 0.2) is 30.0 Å². The lowest BCUT2D eigenvalue weighted by molar-refractivity contribution is -0.118. The Balaban J connectivity index is 2.10. The quantitative estimate of drug-likeness (QED) is 0.770. The minimum atomic E-state index is -0.166. The molecule has 19 heavy (non-hydrogen) atoms. The third-order valence-corrected chi connectivity index (χ3v) is 3.79. The van der Waals surface area contributed by atoms with Crippen molar-refractivity contribution in [2.75, 3.05) is 12.0 Å². The number of benzene rings is 1. The van der Waals surface area contributed by atoms with Crippen LogP contribution in [-0.4, -0.2) is 24.8 Å². The molecule has 0 N–H and O–H groups in total. The lowest BCUT2D eigenvalue weighted by Crippen LogP contribution is -2.36. The number of nitrogens with zero attached hydrogens (tertiary/aromatic N) is 1. The van der Waals surface area contributed by atoms with Crippen LogP contribution >= 0.6 is 0 Å². The topological polar surface area (TPSA) is 46.6 Å². The molecule has 0 aromatic heterocycles. The molecule has 1 amide bonds. The minimum Gasteiger partial charge on any atom is -0.493 e. The fourth-order valence-electron chi connectivity index (χ4n) is 2.96. The van der Waals surface area contributed by atoms with E-state index < -0.39 is 0 Å². The summed E-state index contributed by atoms with van der Waals surface area (Å²) in [5.74, 6) is -0.107. The standard InChI is InChI=1S/C15H15NO3/c1-9-4-3-5-10-6-11-7-12(17)13(19-2)8-14(18)16(11)15(9)10/h3-5,8,11H,6-7H2,1-2H3/t11-/m1/s1. The summed E-state index contributed by atoms with van der Waals surface area (Å²) in [7, 11) is 1.42. The Morgan fingerprint density at radius 2 is 2.05 bits per heavy atom. The van der Waals surface area contributed by atoms with Gasteiger partial charge < -0.3 is 9.64 Å². The summed E-state index contributed by atoms with van der Waals surface area (Å²) in [5, 5.41) is 0. The number of para-hydroxylation sites is 1. The van der Waals surface area contributed by atoms with Crippen molar-refractivity contribution in [3.63, 3.8) is 0 Å². The number of rotatable bonds is 1. The highest BCUT2D eigenvalue weighted by atomic mass is 16.5. The molecular formula is C15H15NO3. The van der Waals surface area contributed by atoms with E-state index in [1.54, 1.807) is 4.90 Å². The first-order valence-electron chi connectivity index (χ1n) is 6.32. The van der Waals surface area contributed by atoms with E-state index in [0.717, 1.165) is 23.2 Å². The number of anilines is 1. The zero-order valence-electron chi connectivity index (χ0n) is 11.0. The lowest BCUT2D eigenvalue weighted by atomic mass is 10.0. The van der Waals surface area contributed by atoms with Crippen LogP contribution in [0.2, 0.25) is 0 Å². The van der Waals surface area contributed by atoms with Gasteiger partial charge in [-0.2, -0.15) is 0 Å². The normalized spacial score (nSPS) is 21.7. The molecule has 0 saturated heterocycles. The fourth-order valence-corrected chi connectivity index (χ4v) is 2.96. The molecular weight excluding hydrogens is 242 g/mol. The number of hydrogen-bond acceptors (Lipinski definition) is 3. The molecule has 2 heterocycles. The van der Waals surface area contributed by atoms with Gasteiger partial charge >= 0.3 is 0 Å². The monoisotopic (exact) mass is 257 g/mol. The number of carbonyl (C=O) groups is 2. The van der Waals surface area contributed by atoms with E-state index in [0.29, 0.717) is 6.42 Å². The van der Waals surface area contributed by atoms with Crippen molar-refractivity contribution >= 4 is 17.4 Å². The Morgan fingerprint density at radius 3 is 2.79 bits per heavy atom. The molecule has 1 aromatic rings. The van der Waals surface area contributed by atoms with Crippen molar-refractivity contribution < 1.29 is 14.3 Å². The van der Waals surface area contributed by atoms with Gasteiger partial charge in [-0.15, -0.1) is 0 Å². The van der Waals surface area contributed by atoms with E-state index in [-0.39, 0.29) is 23.5 Å². The number of fused-ring (bicyclic) bond motifs is 3. The molecule has 0 unspecified atom stereocenters. The molecule has 4 nitrogen and oxygen atoms in total. The van der Waals surface area contributed by atoms with Gasteiger partial charge in [-0.25, -0.2) is 0 Å². The number of ether oxygens (including phenoxy) is 1. The van der Waals surface area contributed by atoms with E-state index in [9.17, 15) is 9.59 Å². The SMILES string of the molecule is COC1=CC(=O)N2c3c(C)cccc3C[C@@H]2CC1=O. The molecule has 98 valence electrons. The number of Topliss-reactive ketones (excluding diaryl/α,β-unsaturated/α-hetero) is 1. The lowest BCUT2D eigenvalue weighted by Gasteiger charge is -2.23. The van der Waals surface area contributed by atoms with Gasteiger partial charge in [0.25, 0.3) is 5.91 Å². The molecule has 0 spiro atoms. The molecule has 0 aliphatic carbocycles. The van der Waals surface area contributed by atoms with Crippen molar-refractivity contribution in [2.45, 2.75) is 25.8 Å². The predicted octanol–water partition coefficient (Wildman–Crippen LogP) is 1.76. The number of allylic oxidation sites excluding steroid dienone is 1. The Labute approximate surface area is 111 Å². The van der Waals surface area contributed by atoms with Crippen LogP contribution in [0.25, 0.3) is 0 Å². The van der Waals surface area contributed by atoms with Gasteiger partial charge in [0.2, 0.25) is 0 Å². The van der Waals surface area contributed by atoms with Crippen LogP contribution in [0.4, 0.5) is 5.69 Å². The highest BCUT2D eigenvalue weighted by Gasteiger charge is 2.38. The second-order valence-corrected chi connectivity index (χ2v) is 4.99. The minimum absolute atomic E-state index is 0.0833. The summed E-state index contributed by atoms with van der Waals surface area (Å²) < 4.78 is 5.00. The first-order chi connectivity index (χ1) is 9.11. The summed E-state index contributed by atoms with van der Waals surface area (Å²) in [5.41, 5.74) is 3.16. The highest BCUT2D eigenvalue weighted by molar-refractivity contribution is 6.11. The molecule has 3 rings (SSSR count). The van der Waals surface area contributed by atoms with E-state index >= 15 is 0 Å². The zero-order chi connectivity index (χ0) is 13.6. The predicted molar refractivity (Wildman–Crippen MR) is 70.9 cm³/mol. The molecule has 0 saturated carbocycles. The van der Waals surface area contributed by atoms with E-state index in [1.165, 1.54) is 13.2 Å². The van der Waals surface area contributed by atoms with Crippen molar-refractivity contribution in [2.24, 2.45) is 0 Å². The van der Waals surface area contributed by atoms with Crippen molar-refractivity contribution in [1.82, 2.24) is 0 Å². The Morgan fingerprint density at radius 1 is 1.26 bits per heavy atom. The van der Waals surface area contributed by atoms with Crippen LogP contribution < -0.4 is 4.90 Å². The van der Waals surface area contributed by atoms with Gasteiger partial charge in [-0.05, 0) is 24.5 Å². The number of amides is 1. The maximum absolute atomic E-state index is 12.3. The van der Waals surface area contributed by atoms with Crippen LogP contribution in [0.1, 0.15) is 17.5 Å². The second kappa shape index (κ2) is 4.23. The molecule has 0 fully saturated rings. The maximum atomic E-state index is 12.3. The summed E-state index contributed by atoms with van der Waals surface area (Å²) in [6, 6.07) is 5.92. The average molecular weight is 257 g/mol. The molecule has 1 aromatic carbocycles. The van der Waals surface area contributed by atoms with Crippen molar-refractivity contribution in [3.05, 3.63) is 41.2 Å². The fraction of sp³-hybridized carbons (Fsp3) is 0.333. The van der Waals surface area contributed by atoms with Gasteiger partial charge in [0.05, 0.1) is 12.8 Å². The number of aryl methyl sites for hydroxylation is 1. The van der Waals surface area contributed by atoms with Gasteiger partial charge in [-0.3, -0.25) is 9.59 Å². The first kappa shape index (κ1) is 12.0. The van der Waals surface area contributed by atoms with E-state index in [4.69, 9.17) is 4.74 Å².